The van der Waals surface area contributed by atoms with E-state index in [1.165, 1.54) is 0 Å². The van der Waals surface area contributed by atoms with Crippen molar-refractivity contribution in [3.8, 4) is 0 Å². The quantitative estimate of drug-likeness (QED) is 0.858. The topological polar surface area (TPSA) is 64.0 Å². The van der Waals surface area contributed by atoms with Gasteiger partial charge in [0.05, 0.1) is 11.9 Å². The van der Waals surface area contributed by atoms with Crippen LogP contribution in [0.4, 0.5) is 0 Å². The zero-order chi connectivity index (χ0) is 18.4. The van der Waals surface area contributed by atoms with E-state index < -0.39 is 0 Å². The number of thioether (sulfide) groups is 1. The molecule has 0 bridgehead atoms. The minimum atomic E-state index is 0.173. The molecule has 5 nitrogen and oxygen atoms in total. The first-order valence-corrected chi connectivity index (χ1v) is 10.4. The number of para-hydroxylation sites is 1. The Bertz CT molecular complexity index is 920. The van der Waals surface area contributed by atoms with Crippen LogP contribution in [0.3, 0.4) is 0 Å². The summed E-state index contributed by atoms with van der Waals surface area (Å²) in [6.07, 6.45) is 6.06. The Morgan fingerprint density at radius 3 is 2.85 bits per heavy atom. The SMILES string of the molecule is CN1C=NC(OC2CCC(N)CC2)=C2C(c3cc4ccccc4o3)=CSC21. The highest BCUT2D eigenvalue weighted by Crippen LogP contribution is 2.46. The molecular weight excluding hydrogens is 358 g/mol. The van der Waals surface area contributed by atoms with Gasteiger partial charge in [-0.05, 0) is 43.2 Å². The van der Waals surface area contributed by atoms with Gasteiger partial charge in [-0.1, -0.05) is 18.2 Å². The van der Waals surface area contributed by atoms with Crippen LogP contribution in [0.5, 0.6) is 0 Å². The lowest BCUT2D eigenvalue weighted by Crippen LogP contribution is -2.34. The number of benzene rings is 1. The minimum absolute atomic E-state index is 0.173. The second kappa shape index (κ2) is 6.77. The van der Waals surface area contributed by atoms with Crippen LogP contribution in [0, 0.1) is 0 Å². The molecule has 0 radical (unpaired) electrons. The molecule has 140 valence electrons. The minimum Gasteiger partial charge on any atom is -0.474 e. The average molecular weight is 382 g/mol. The molecule has 1 atom stereocenters. The van der Waals surface area contributed by atoms with Crippen molar-refractivity contribution in [3.05, 3.63) is 53.0 Å². The standard InChI is InChI=1S/C21H23N3O2S/c1-24-12-23-20(25-15-8-6-14(22)7-9-15)19-16(11-27-21(19)24)18-10-13-4-2-3-5-17(13)26-18/h2-5,10-12,14-15,21H,6-9,22H2,1H3. The highest BCUT2D eigenvalue weighted by molar-refractivity contribution is 8.03. The molecule has 1 unspecified atom stereocenters. The first-order valence-electron chi connectivity index (χ1n) is 9.46. The fraction of sp³-hybridized carbons (Fsp3) is 0.381. The monoisotopic (exact) mass is 381 g/mol. The van der Waals surface area contributed by atoms with Crippen molar-refractivity contribution in [1.29, 1.82) is 0 Å². The molecular formula is C21H23N3O2S. The Kier molecular flexibility index (Phi) is 4.25. The summed E-state index contributed by atoms with van der Waals surface area (Å²) in [5, 5.41) is 3.45. The van der Waals surface area contributed by atoms with Crippen molar-refractivity contribution in [1.82, 2.24) is 4.90 Å². The molecule has 1 fully saturated rings. The third-order valence-corrected chi connectivity index (χ3v) is 6.70. The number of nitrogens with zero attached hydrogens (tertiary/aromatic N) is 2. The molecule has 1 aromatic heterocycles. The number of nitrogens with two attached hydrogens (primary N) is 1. The molecule has 2 N–H and O–H groups in total. The van der Waals surface area contributed by atoms with E-state index in [9.17, 15) is 0 Å². The second-order valence-electron chi connectivity index (χ2n) is 7.45. The molecule has 2 aromatic rings. The van der Waals surface area contributed by atoms with Gasteiger partial charge in [-0.3, -0.25) is 0 Å². The van der Waals surface area contributed by atoms with Crippen LogP contribution in [0.25, 0.3) is 16.5 Å². The zero-order valence-corrected chi connectivity index (χ0v) is 16.1. The maximum Gasteiger partial charge on any atom is 0.222 e. The van der Waals surface area contributed by atoms with Gasteiger partial charge in [0.2, 0.25) is 5.88 Å². The van der Waals surface area contributed by atoms with Crippen LogP contribution in [-0.2, 0) is 4.74 Å². The van der Waals surface area contributed by atoms with Crippen molar-refractivity contribution in [3.63, 3.8) is 0 Å². The summed E-state index contributed by atoms with van der Waals surface area (Å²) in [5.74, 6) is 1.61. The summed E-state index contributed by atoms with van der Waals surface area (Å²) >= 11 is 1.77. The Balaban J connectivity index is 1.50. The van der Waals surface area contributed by atoms with Crippen LogP contribution < -0.4 is 5.73 Å². The molecule has 27 heavy (non-hydrogen) atoms. The third-order valence-electron chi connectivity index (χ3n) is 5.50. The van der Waals surface area contributed by atoms with Crippen LogP contribution in [-0.4, -0.2) is 35.8 Å². The highest BCUT2D eigenvalue weighted by atomic mass is 32.2. The number of rotatable bonds is 3. The van der Waals surface area contributed by atoms with Gasteiger partial charge in [-0.25, -0.2) is 4.99 Å². The first-order chi connectivity index (χ1) is 13.2. The zero-order valence-electron chi connectivity index (χ0n) is 15.3. The maximum absolute atomic E-state index is 6.37. The van der Waals surface area contributed by atoms with Gasteiger partial charge in [0.1, 0.15) is 22.8 Å². The lowest BCUT2D eigenvalue weighted by atomic mass is 9.93. The van der Waals surface area contributed by atoms with Crippen LogP contribution in [0.1, 0.15) is 31.4 Å². The number of hydrogen-bond acceptors (Lipinski definition) is 6. The molecule has 0 amide bonds. The molecule has 0 spiro atoms. The summed E-state index contributed by atoms with van der Waals surface area (Å²) in [4.78, 5) is 6.75. The van der Waals surface area contributed by atoms with Gasteiger partial charge in [-0.15, -0.1) is 11.8 Å². The molecule has 3 heterocycles. The van der Waals surface area contributed by atoms with Gasteiger partial charge < -0.3 is 19.8 Å². The normalized spacial score (nSPS) is 27.9. The number of hydrogen-bond donors (Lipinski definition) is 1. The van der Waals surface area contributed by atoms with Crippen LogP contribution in [0.2, 0.25) is 0 Å². The van der Waals surface area contributed by atoms with Crippen LogP contribution in [0.15, 0.2) is 56.6 Å². The van der Waals surface area contributed by atoms with Crippen molar-refractivity contribution in [2.24, 2.45) is 10.7 Å². The molecule has 1 aromatic carbocycles. The smallest absolute Gasteiger partial charge is 0.222 e. The van der Waals surface area contributed by atoms with Crippen molar-refractivity contribution in [2.75, 3.05) is 7.05 Å². The lowest BCUT2D eigenvalue weighted by Gasteiger charge is -2.31. The van der Waals surface area contributed by atoms with Crippen molar-refractivity contribution >= 4 is 34.6 Å². The Hall–Kier alpha value is -2.18. The van der Waals surface area contributed by atoms with Crippen molar-refractivity contribution < 1.29 is 9.15 Å². The van der Waals surface area contributed by atoms with E-state index in [1.54, 1.807) is 11.8 Å². The van der Waals surface area contributed by atoms with Gasteiger partial charge >= 0.3 is 0 Å². The van der Waals surface area contributed by atoms with E-state index in [4.69, 9.17) is 14.9 Å². The van der Waals surface area contributed by atoms with Gasteiger partial charge in [-0.2, -0.15) is 0 Å². The molecule has 3 aliphatic rings. The van der Waals surface area contributed by atoms with E-state index in [1.807, 2.05) is 31.6 Å². The van der Waals surface area contributed by atoms with Gasteiger partial charge in [0.25, 0.3) is 0 Å². The molecule has 2 aliphatic heterocycles. The van der Waals surface area contributed by atoms with E-state index in [0.29, 0.717) is 6.04 Å². The number of likely N-dealkylation sites (N-methyl/N-ethyl adjacent to an activating group) is 1. The van der Waals surface area contributed by atoms with E-state index >= 15 is 0 Å². The van der Waals surface area contributed by atoms with E-state index in [0.717, 1.165) is 59.4 Å². The summed E-state index contributed by atoms with van der Waals surface area (Å²) in [6, 6.07) is 10.5. The maximum atomic E-state index is 6.37. The van der Waals surface area contributed by atoms with Crippen LogP contribution >= 0.6 is 11.8 Å². The molecule has 5 rings (SSSR count). The van der Waals surface area contributed by atoms with Crippen molar-refractivity contribution in [2.45, 2.75) is 43.2 Å². The predicted octanol–water partition coefficient (Wildman–Crippen LogP) is 4.32. The molecule has 1 aliphatic carbocycles. The number of aliphatic imine (C=N–C) groups is 1. The number of ether oxygens (including phenoxy) is 1. The lowest BCUT2D eigenvalue weighted by molar-refractivity contribution is 0.0733. The Morgan fingerprint density at radius 2 is 2.04 bits per heavy atom. The predicted molar refractivity (Wildman–Crippen MR) is 110 cm³/mol. The molecule has 1 saturated carbocycles. The first kappa shape index (κ1) is 17.0. The molecule has 0 saturated heterocycles. The Morgan fingerprint density at radius 1 is 1.22 bits per heavy atom. The average Bonchev–Trinajstić information content (AvgIpc) is 3.30. The fourth-order valence-electron chi connectivity index (χ4n) is 3.95. The largest absolute Gasteiger partial charge is 0.474 e. The Labute approximate surface area is 162 Å². The summed E-state index contributed by atoms with van der Waals surface area (Å²) in [5.41, 5.74) is 9.13. The highest BCUT2D eigenvalue weighted by Gasteiger charge is 2.36. The summed E-state index contributed by atoms with van der Waals surface area (Å²) in [6.45, 7) is 0. The summed E-state index contributed by atoms with van der Waals surface area (Å²) < 4.78 is 12.5. The second-order valence-corrected chi connectivity index (χ2v) is 8.41. The fourth-order valence-corrected chi connectivity index (χ4v) is 5.07. The van der Waals surface area contributed by atoms with E-state index in [-0.39, 0.29) is 11.5 Å². The summed E-state index contributed by atoms with van der Waals surface area (Å²) in [7, 11) is 2.05. The van der Waals surface area contributed by atoms with Gasteiger partial charge in [0, 0.05) is 24.0 Å². The van der Waals surface area contributed by atoms with E-state index in [2.05, 4.69) is 27.4 Å². The third kappa shape index (κ3) is 3.07. The number of fused-ring (bicyclic) bond motifs is 2. The van der Waals surface area contributed by atoms with Gasteiger partial charge in [0.15, 0.2) is 0 Å². The molecule has 6 heteroatoms. The number of furan rings is 1.